The summed E-state index contributed by atoms with van der Waals surface area (Å²) in [5.74, 6) is 2.41. The number of benzene rings is 3. The molecule has 0 atom stereocenters. The number of halogens is 4. The van der Waals surface area contributed by atoms with E-state index in [2.05, 4.69) is 21.8 Å². The van der Waals surface area contributed by atoms with E-state index in [-0.39, 0.29) is 10.9 Å². The fraction of sp³-hybridized carbons (Fsp3) is 0.154. The van der Waals surface area contributed by atoms with Gasteiger partial charge in [0.15, 0.2) is 11.6 Å². The van der Waals surface area contributed by atoms with Gasteiger partial charge in [-0.25, -0.2) is 27.5 Å². The third-order valence-electron chi connectivity index (χ3n) is 5.14. The molecule has 4 rings (SSSR count). The minimum absolute atomic E-state index is 0.116. The fourth-order valence-electron chi connectivity index (χ4n) is 3.32. The lowest BCUT2D eigenvalue weighted by Gasteiger charge is -2.05. The summed E-state index contributed by atoms with van der Waals surface area (Å²) >= 11 is 0. The molecule has 0 N–H and O–H groups in total. The molecule has 4 aromatic rings. The zero-order chi connectivity index (χ0) is 22.7. The van der Waals surface area contributed by atoms with Gasteiger partial charge in [-0.3, -0.25) is 0 Å². The summed E-state index contributed by atoms with van der Waals surface area (Å²) in [4.78, 5) is 8.51. The third kappa shape index (κ3) is 4.62. The van der Waals surface area contributed by atoms with Crippen LogP contribution in [0.15, 0.2) is 54.9 Å². The Morgan fingerprint density at radius 1 is 0.750 bits per heavy atom. The first-order valence-corrected chi connectivity index (χ1v) is 10.1. The molecular formula is C26H18F4N2. The van der Waals surface area contributed by atoms with E-state index in [1.54, 1.807) is 18.5 Å². The van der Waals surface area contributed by atoms with E-state index in [0.29, 0.717) is 35.2 Å². The van der Waals surface area contributed by atoms with Gasteiger partial charge in [0.05, 0.1) is 5.56 Å². The number of hydrogen-bond donors (Lipinski definition) is 0. The van der Waals surface area contributed by atoms with E-state index in [1.807, 2.05) is 6.92 Å². The molecule has 1 aromatic heterocycles. The maximum atomic E-state index is 14.5. The summed E-state index contributed by atoms with van der Waals surface area (Å²) in [6.45, 7) is 2.01. The van der Waals surface area contributed by atoms with Gasteiger partial charge < -0.3 is 0 Å². The lowest BCUT2D eigenvalue weighted by atomic mass is 10.0. The van der Waals surface area contributed by atoms with Gasteiger partial charge in [-0.1, -0.05) is 30.9 Å². The van der Waals surface area contributed by atoms with Gasteiger partial charge in [0.2, 0.25) is 0 Å². The van der Waals surface area contributed by atoms with Gasteiger partial charge in [0, 0.05) is 29.8 Å². The van der Waals surface area contributed by atoms with Crippen LogP contribution in [0.2, 0.25) is 0 Å². The molecule has 0 saturated carbocycles. The number of nitrogens with zero attached hydrogens (tertiary/aromatic N) is 2. The average molecular weight is 434 g/mol. The van der Waals surface area contributed by atoms with Crippen LogP contribution in [-0.2, 0) is 19.3 Å². The number of hydrogen-bond acceptors (Lipinski definition) is 2. The largest absolute Gasteiger partial charge is 0.241 e. The Kier molecular flexibility index (Phi) is 6.18. The van der Waals surface area contributed by atoms with Crippen LogP contribution in [0.5, 0.6) is 0 Å². The molecule has 6 heteroatoms. The van der Waals surface area contributed by atoms with Gasteiger partial charge in [0.25, 0.3) is 0 Å². The van der Waals surface area contributed by atoms with Gasteiger partial charge in [-0.2, -0.15) is 0 Å². The lowest BCUT2D eigenvalue weighted by molar-refractivity contribution is 0.517. The van der Waals surface area contributed by atoms with Gasteiger partial charge in [0.1, 0.15) is 17.5 Å². The molecule has 2 nitrogen and oxygen atoms in total. The molecule has 160 valence electrons. The Morgan fingerprint density at radius 3 is 2.16 bits per heavy atom. The SMILES string of the molecule is CCc1cnc(CCc2cc(F)c(C#Cc3ccc4c(F)c(F)ccc4c3)c(F)c2)nc1. The molecule has 0 amide bonds. The fourth-order valence-corrected chi connectivity index (χ4v) is 3.32. The van der Waals surface area contributed by atoms with E-state index in [4.69, 9.17) is 0 Å². The van der Waals surface area contributed by atoms with Crippen LogP contribution in [0.1, 0.15) is 35.0 Å². The summed E-state index contributed by atoms with van der Waals surface area (Å²) in [6, 6.07) is 9.37. The smallest absolute Gasteiger partial charge is 0.166 e. The maximum absolute atomic E-state index is 14.5. The Labute approximate surface area is 183 Å². The summed E-state index contributed by atoms with van der Waals surface area (Å²) in [7, 11) is 0. The lowest BCUT2D eigenvalue weighted by Crippen LogP contribution is -2.01. The van der Waals surface area contributed by atoms with Crippen LogP contribution in [0.3, 0.4) is 0 Å². The highest BCUT2D eigenvalue weighted by Crippen LogP contribution is 2.22. The predicted molar refractivity (Wildman–Crippen MR) is 115 cm³/mol. The Hall–Kier alpha value is -3.72. The Morgan fingerprint density at radius 2 is 1.47 bits per heavy atom. The van der Waals surface area contributed by atoms with Crippen molar-refractivity contribution in [2.24, 2.45) is 0 Å². The first-order valence-electron chi connectivity index (χ1n) is 10.1. The molecule has 0 aliphatic carbocycles. The number of fused-ring (bicyclic) bond motifs is 1. The molecule has 1 heterocycles. The predicted octanol–water partition coefficient (Wildman–Crippen LogP) is 5.93. The van der Waals surface area contributed by atoms with Crippen LogP contribution in [-0.4, -0.2) is 9.97 Å². The minimum Gasteiger partial charge on any atom is -0.241 e. The van der Waals surface area contributed by atoms with Crippen molar-refractivity contribution in [3.8, 4) is 11.8 Å². The van der Waals surface area contributed by atoms with Crippen molar-refractivity contribution in [1.29, 1.82) is 0 Å². The topological polar surface area (TPSA) is 25.8 Å². The molecule has 0 spiro atoms. The molecule has 0 saturated heterocycles. The van der Waals surface area contributed by atoms with E-state index >= 15 is 0 Å². The van der Waals surface area contributed by atoms with E-state index in [1.165, 1.54) is 30.3 Å². The highest BCUT2D eigenvalue weighted by molar-refractivity contribution is 5.84. The number of aryl methyl sites for hydroxylation is 3. The number of rotatable bonds is 4. The van der Waals surface area contributed by atoms with Crippen LogP contribution in [0.4, 0.5) is 17.6 Å². The summed E-state index contributed by atoms with van der Waals surface area (Å²) < 4.78 is 56.2. The van der Waals surface area contributed by atoms with Gasteiger partial charge in [-0.05, 0) is 59.7 Å². The molecule has 0 bridgehead atoms. The second-order valence-corrected chi connectivity index (χ2v) is 7.34. The Bertz CT molecular complexity index is 1330. The average Bonchev–Trinajstić information content (AvgIpc) is 2.80. The Balaban J connectivity index is 1.53. The standard InChI is InChI=1S/C26H18F4N2/c1-2-16-14-31-25(32-15-16)10-5-18-12-23(28)21(24(29)13-18)8-4-17-3-7-20-19(11-17)6-9-22(27)26(20)30/h3,6-7,9,11-15H,2,5,10H2,1H3. The second-order valence-electron chi connectivity index (χ2n) is 7.34. The molecule has 3 aromatic carbocycles. The third-order valence-corrected chi connectivity index (χ3v) is 5.14. The molecule has 0 unspecified atom stereocenters. The van der Waals surface area contributed by atoms with E-state index in [0.717, 1.165) is 18.1 Å². The van der Waals surface area contributed by atoms with Crippen molar-refractivity contribution in [3.05, 3.63) is 106 Å². The van der Waals surface area contributed by atoms with E-state index < -0.39 is 23.3 Å². The van der Waals surface area contributed by atoms with Crippen LogP contribution >= 0.6 is 0 Å². The molecule has 0 aliphatic rings. The monoisotopic (exact) mass is 434 g/mol. The quantitative estimate of drug-likeness (QED) is 0.294. The highest BCUT2D eigenvalue weighted by Gasteiger charge is 2.11. The molecule has 0 fully saturated rings. The van der Waals surface area contributed by atoms with E-state index in [9.17, 15) is 17.6 Å². The van der Waals surface area contributed by atoms with Crippen molar-refractivity contribution >= 4 is 10.8 Å². The van der Waals surface area contributed by atoms with Crippen molar-refractivity contribution in [2.45, 2.75) is 26.2 Å². The zero-order valence-electron chi connectivity index (χ0n) is 17.2. The van der Waals surface area contributed by atoms with Crippen LogP contribution in [0, 0.1) is 35.1 Å². The summed E-state index contributed by atoms with van der Waals surface area (Å²) in [5, 5.41) is 0.562. The maximum Gasteiger partial charge on any atom is 0.166 e. The van der Waals surface area contributed by atoms with Crippen molar-refractivity contribution < 1.29 is 17.6 Å². The summed E-state index contributed by atoms with van der Waals surface area (Å²) in [6.07, 6.45) is 5.19. The minimum atomic E-state index is -0.943. The van der Waals surface area contributed by atoms with Gasteiger partial charge in [-0.15, -0.1) is 0 Å². The molecular weight excluding hydrogens is 416 g/mol. The molecule has 0 radical (unpaired) electrons. The first-order chi connectivity index (χ1) is 15.4. The first kappa shape index (κ1) is 21.5. The van der Waals surface area contributed by atoms with Crippen LogP contribution < -0.4 is 0 Å². The zero-order valence-corrected chi connectivity index (χ0v) is 17.2. The highest BCUT2D eigenvalue weighted by atomic mass is 19.2. The second kappa shape index (κ2) is 9.19. The van der Waals surface area contributed by atoms with Gasteiger partial charge >= 0.3 is 0 Å². The van der Waals surface area contributed by atoms with Crippen molar-refractivity contribution in [3.63, 3.8) is 0 Å². The molecule has 32 heavy (non-hydrogen) atoms. The number of aromatic nitrogens is 2. The molecule has 0 aliphatic heterocycles. The van der Waals surface area contributed by atoms with Crippen molar-refractivity contribution in [1.82, 2.24) is 9.97 Å². The van der Waals surface area contributed by atoms with Crippen LogP contribution in [0.25, 0.3) is 10.8 Å². The normalized spacial score (nSPS) is 10.8. The summed E-state index contributed by atoms with van der Waals surface area (Å²) in [5.41, 5.74) is 1.59. The van der Waals surface area contributed by atoms with Crippen molar-refractivity contribution in [2.75, 3.05) is 0 Å².